The van der Waals surface area contributed by atoms with Crippen LogP contribution in [0.3, 0.4) is 0 Å². The molecule has 0 saturated heterocycles. The highest BCUT2D eigenvalue weighted by Crippen LogP contribution is 2.32. The third-order valence-corrected chi connectivity index (χ3v) is 3.44. The highest BCUT2D eigenvalue weighted by molar-refractivity contribution is 5.83. The van der Waals surface area contributed by atoms with E-state index in [1.165, 1.54) is 5.56 Å². The number of benzene rings is 1. The highest BCUT2D eigenvalue weighted by atomic mass is 16.6. The summed E-state index contributed by atoms with van der Waals surface area (Å²) in [6.45, 7) is 6.32. The third-order valence-electron chi connectivity index (χ3n) is 3.44. The Morgan fingerprint density at radius 2 is 1.96 bits per heavy atom. The lowest BCUT2D eigenvalue weighted by Crippen LogP contribution is -2.27. The van der Waals surface area contributed by atoms with Gasteiger partial charge in [-0.1, -0.05) is 18.2 Å². The van der Waals surface area contributed by atoms with Crippen LogP contribution >= 0.6 is 0 Å². The summed E-state index contributed by atoms with van der Waals surface area (Å²) >= 11 is 0. The van der Waals surface area contributed by atoms with Crippen LogP contribution in [0.15, 0.2) is 36.4 Å². The van der Waals surface area contributed by atoms with E-state index in [1.807, 2.05) is 39.0 Å². The maximum absolute atomic E-state index is 11.7. The monoisotopic (exact) mass is 312 g/mol. The maximum atomic E-state index is 11.7. The number of carbonyl (C=O) groups is 1. The molecular weight excluding hydrogens is 292 g/mol. The Labute approximate surface area is 135 Å². The fraction of sp³-hybridized carbons (Fsp3) is 0.353. The van der Waals surface area contributed by atoms with Gasteiger partial charge in [0.15, 0.2) is 11.6 Å². The fourth-order valence-corrected chi connectivity index (χ4v) is 2.52. The van der Waals surface area contributed by atoms with Gasteiger partial charge >= 0.3 is 6.09 Å². The largest absolute Gasteiger partial charge is 0.444 e. The second-order valence-corrected chi connectivity index (χ2v) is 6.43. The van der Waals surface area contributed by atoms with Crippen molar-refractivity contribution in [3.8, 4) is 0 Å². The van der Waals surface area contributed by atoms with Crippen LogP contribution in [0.1, 0.15) is 26.3 Å². The summed E-state index contributed by atoms with van der Waals surface area (Å²) in [5.74, 6) is 1.14. The molecule has 2 heterocycles. The first-order valence-electron chi connectivity index (χ1n) is 7.61. The number of rotatable bonds is 2. The standard InChI is InChI=1S/C17H20N4O2/c1-17(2,3)23-16(22)18-14-8-9-15(20-19-14)21-11-10-12-6-4-5-7-13(12)21/h4-9H,10-11H2,1-3H3,(H,18,19,22). The predicted molar refractivity (Wildman–Crippen MR) is 89.0 cm³/mol. The molecule has 0 radical (unpaired) electrons. The molecule has 6 heteroatoms. The topological polar surface area (TPSA) is 67.3 Å². The van der Waals surface area contributed by atoms with Crippen LogP contribution in [-0.4, -0.2) is 28.4 Å². The Kier molecular flexibility index (Phi) is 3.90. The van der Waals surface area contributed by atoms with Crippen molar-refractivity contribution in [2.45, 2.75) is 32.8 Å². The molecule has 0 unspecified atom stereocenters. The lowest BCUT2D eigenvalue weighted by Gasteiger charge is -2.20. The van der Waals surface area contributed by atoms with Gasteiger partial charge in [0.2, 0.25) is 0 Å². The second-order valence-electron chi connectivity index (χ2n) is 6.43. The van der Waals surface area contributed by atoms with Gasteiger partial charge < -0.3 is 9.64 Å². The minimum Gasteiger partial charge on any atom is -0.444 e. The molecule has 3 rings (SSSR count). The molecule has 2 aromatic rings. The van der Waals surface area contributed by atoms with Gasteiger partial charge in [0.05, 0.1) is 0 Å². The highest BCUT2D eigenvalue weighted by Gasteiger charge is 2.21. The van der Waals surface area contributed by atoms with Gasteiger partial charge in [-0.25, -0.2) is 4.79 Å². The van der Waals surface area contributed by atoms with E-state index in [4.69, 9.17) is 4.74 Å². The summed E-state index contributed by atoms with van der Waals surface area (Å²) in [7, 11) is 0. The van der Waals surface area contributed by atoms with Crippen molar-refractivity contribution < 1.29 is 9.53 Å². The first-order valence-corrected chi connectivity index (χ1v) is 7.61. The summed E-state index contributed by atoms with van der Waals surface area (Å²) in [5.41, 5.74) is 1.93. The van der Waals surface area contributed by atoms with Crippen molar-refractivity contribution in [3.05, 3.63) is 42.0 Å². The molecular formula is C17H20N4O2. The van der Waals surface area contributed by atoms with E-state index in [9.17, 15) is 4.79 Å². The second kappa shape index (κ2) is 5.87. The number of fused-ring (bicyclic) bond motifs is 1. The van der Waals surface area contributed by atoms with E-state index in [1.54, 1.807) is 6.07 Å². The van der Waals surface area contributed by atoms with Crippen LogP contribution in [-0.2, 0) is 11.2 Å². The molecule has 0 bridgehead atoms. The predicted octanol–water partition coefficient (Wildman–Crippen LogP) is 3.52. The average Bonchev–Trinajstić information content (AvgIpc) is 2.90. The number of amides is 1. The van der Waals surface area contributed by atoms with Crippen molar-refractivity contribution in [2.75, 3.05) is 16.8 Å². The van der Waals surface area contributed by atoms with Crippen LogP contribution < -0.4 is 10.2 Å². The Hall–Kier alpha value is -2.63. The summed E-state index contributed by atoms with van der Waals surface area (Å²) in [5, 5.41) is 10.9. The molecule has 6 nitrogen and oxygen atoms in total. The van der Waals surface area contributed by atoms with E-state index in [0.29, 0.717) is 5.82 Å². The molecule has 1 amide bonds. The molecule has 1 aliphatic rings. The van der Waals surface area contributed by atoms with Crippen molar-refractivity contribution in [1.29, 1.82) is 0 Å². The Balaban J connectivity index is 1.70. The van der Waals surface area contributed by atoms with Gasteiger partial charge in [-0.05, 0) is 51.0 Å². The molecule has 23 heavy (non-hydrogen) atoms. The number of hydrogen-bond donors (Lipinski definition) is 1. The molecule has 0 saturated carbocycles. The Morgan fingerprint density at radius 1 is 1.17 bits per heavy atom. The van der Waals surface area contributed by atoms with Crippen LogP contribution in [0.4, 0.5) is 22.1 Å². The van der Waals surface area contributed by atoms with Crippen LogP contribution in [0.25, 0.3) is 0 Å². The number of ether oxygens (including phenoxy) is 1. The minimum absolute atomic E-state index is 0.371. The minimum atomic E-state index is -0.545. The number of nitrogens with zero attached hydrogens (tertiary/aromatic N) is 3. The smallest absolute Gasteiger partial charge is 0.413 e. The lowest BCUT2D eigenvalue weighted by molar-refractivity contribution is 0.0635. The normalized spacial score (nSPS) is 13.6. The van der Waals surface area contributed by atoms with Gasteiger partial charge in [0.25, 0.3) is 0 Å². The Morgan fingerprint density at radius 3 is 2.65 bits per heavy atom. The first-order chi connectivity index (χ1) is 10.9. The summed E-state index contributed by atoms with van der Waals surface area (Å²) in [6, 6.07) is 11.8. The van der Waals surface area contributed by atoms with E-state index < -0.39 is 11.7 Å². The van der Waals surface area contributed by atoms with Gasteiger partial charge in [-0.3, -0.25) is 5.32 Å². The molecule has 1 aromatic heterocycles. The number of carbonyl (C=O) groups excluding carboxylic acids is 1. The third kappa shape index (κ3) is 3.59. The van der Waals surface area contributed by atoms with Crippen LogP contribution in [0.2, 0.25) is 0 Å². The summed E-state index contributed by atoms with van der Waals surface area (Å²) < 4.78 is 5.19. The van der Waals surface area contributed by atoms with E-state index >= 15 is 0 Å². The molecule has 1 aromatic carbocycles. The zero-order valence-corrected chi connectivity index (χ0v) is 13.5. The zero-order valence-electron chi connectivity index (χ0n) is 13.5. The van der Waals surface area contributed by atoms with Crippen molar-refractivity contribution in [1.82, 2.24) is 10.2 Å². The van der Waals surface area contributed by atoms with Gasteiger partial charge in [0, 0.05) is 12.2 Å². The van der Waals surface area contributed by atoms with E-state index in [0.717, 1.165) is 24.5 Å². The van der Waals surface area contributed by atoms with Crippen LogP contribution in [0.5, 0.6) is 0 Å². The van der Waals surface area contributed by atoms with Crippen molar-refractivity contribution in [2.24, 2.45) is 0 Å². The van der Waals surface area contributed by atoms with E-state index in [-0.39, 0.29) is 0 Å². The van der Waals surface area contributed by atoms with E-state index in [2.05, 4.69) is 32.5 Å². The van der Waals surface area contributed by atoms with Gasteiger partial charge in [-0.2, -0.15) is 0 Å². The first kappa shape index (κ1) is 15.3. The average molecular weight is 312 g/mol. The molecule has 1 aliphatic heterocycles. The molecule has 0 atom stereocenters. The van der Waals surface area contributed by atoms with Crippen molar-refractivity contribution >= 4 is 23.4 Å². The zero-order chi connectivity index (χ0) is 16.4. The van der Waals surface area contributed by atoms with Crippen LogP contribution in [0, 0.1) is 0 Å². The quantitative estimate of drug-likeness (QED) is 0.919. The lowest BCUT2D eigenvalue weighted by atomic mass is 10.2. The Bertz CT molecular complexity index is 707. The number of hydrogen-bond acceptors (Lipinski definition) is 5. The summed E-state index contributed by atoms with van der Waals surface area (Å²) in [6.07, 6.45) is 0.460. The van der Waals surface area contributed by atoms with Gasteiger partial charge in [0.1, 0.15) is 5.60 Å². The van der Waals surface area contributed by atoms with Crippen molar-refractivity contribution in [3.63, 3.8) is 0 Å². The molecule has 0 spiro atoms. The molecule has 0 aliphatic carbocycles. The van der Waals surface area contributed by atoms with Gasteiger partial charge in [-0.15, -0.1) is 10.2 Å². The number of aromatic nitrogens is 2. The molecule has 0 fully saturated rings. The number of anilines is 3. The molecule has 120 valence electrons. The number of nitrogens with one attached hydrogen (secondary N) is 1. The maximum Gasteiger partial charge on any atom is 0.413 e. The number of para-hydroxylation sites is 1. The SMILES string of the molecule is CC(C)(C)OC(=O)Nc1ccc(N2CCc3ccccc32)nn1. The fourth-order valence-electron chi connectivity index (χ4n) is 2.52. The summed E-state index contributed by atoms with van der Waals surface area (Å²) in [4.78, 5) is 13.8. The molecule has 1 N–H and O–H groups in total.